The Morgan fingerprint density at radius 1 is 1.18 bits per heavy atom. The van der Waals surface area contributed by atoms with Gasteiger partial charge in [0.25, 0.3) is 5.91 Å². The molecule has 0 bridgehead atoms. The minimum atomic E-state index is -0.370. The molecule has 5 nitrogen and oxygen atoms in total. The van der Waals surface area contributed by atoms with Gasteiger partial charge in [0, 0.05) is 16.1 Å². The fraction of sp³-hybridized carbons (Fsp3) is 0.0625. The highest BCUT2D eigenvalue weighted by molar-refractivity contribution is 6.31. The standard InChI is InChI=1S/C16H13ClN4O/c1-10-5-7-11(8-6-10)14-19-16(18)21(20-14)15(22)12-3-2-4-13(17)9-12/h2-9H,1H3,(H2,18,19,20). The van der Waals surface area contributed by atoms with E-state index in [-0.39, 0.29) is 11.9 Å². The summed E-state index contributed by atoms with van der Waals surface area (Å²) in [6, 6.07) is 14.3. The van der Waals surface area contributed by atoms with Gasteiger partial charge >= 0.3 is 0 Å². The lowest BCUT2D eigenvalue weighted by atomic mass is 10.1. The normalized spacial score (nSPS) is 10.6. The Hall–Kier alpha value is -2.66. The Kier molecular flexibility index (Phi) is 3.65. The van der Waals surface area contributed by atoms with Gasteiger partial charge in [0.2, 0.25) is 5.95 Å². The van der Waals surface area contributed by atoms with Crippen LogP contribution in [-0.2, 0) is 0 Å². The number of nitrogens with two attached hydrogens (primary N) is 1. The average molecular weight is 313 g/mol. The molecule has 0 amide bonds. The molecule has 2 N–H and O–H groups in total. The molecule has 1 aromatic heterocycles. The fourth-order valence-electron chi connectivity index (χ4n) is 2.04. The Balaban J connectivity index is 1.99. The Morgan fingerprint density at radius 3 is 2.59 bits per heavy atom. The van der Waals surface area contributed by atoms with Crippen LogP contribution in [0, 0.1) is 6.92 Å². The van der Waals surface area contributed by atoms with Crippen molar-refractivity contribution in [2.24, 2.45) is 0 Å². The lowest BCUT2D eigenvalue weighted by Gasteiger charge is -2.01. The molecule has 2 aromatic carbocycles. The summed E-state index contributed by atoms with van der Waals surface area (Å²) in [4.78, 5) is 16.6. The molecule has 22 heavy (non-hydrogen) atoms. The highest BCUT2D eigenvalue weighted by Crippen LogP contribution is 2.19. The average Bonchev–Trinajstić information content (AvgIpc) is 2.89. The first-order valence-electron chi connectivity index (χ1n) is 6.64. The van der Waals surface area contributed by atoms with Crippen molar-refractivity contribution in [3.05, 3.63) is 64.7 Å². The van der Waals surface area contributed by atoms with E-state index in [1.807, 2.05) is 31.2 Å². The molecule has 0 aliphatic heterocycles. The summed E-state index contributed by atoms with van der Waals surface area (Å²) in [6.45, 7) is 1.99. The Labute approximate surface area is 132 Å². The largest absolute Gasteiger partial charge is 0.368 e. The fourth-order valence-corrected chi connectivity index (χ4v) is 2.23. The maximum Gasteiger partial charge on any atom is 0.281 e. The molecule has 0 spiro atoms. The van der Waals surface area contributed by atoms with E-state index in [1.165, 1.54) is 0 Å². The quantitative estimate of drug-likeness (QED) is 0.788. The molecule has 0 saturated heterocycles. The third-order valence-electron chi connectivity index (χ3n) is 3.21. The molecule has 0 fully saturated rings. The van der Waals surface area contributed by atoms with Crippen molar-refractivity contribution in [2.75, 3.05) is 5.73 Å². The molecular weight excluding hydrogens is 300 g/mol. The number of carbonyl (C=O) groups is 1. The van der Waals surface area contributed by atoms with Crippen LogP contribution < -0.4 is 5.73 Å². The van der Waals surface area contributed by atoms with Gasteiger partial charge in [-0.15, -0.1) is 5.10 Å². The number of nitrogen functional groups attached to an aromatic ring is 1. The van der Waals surface area contributed by atoms with E-state index in [0.717, 1.165) is 15.8 Å². The third-order valence-corrected chi connectivity index (χ3v) is 3.44. The number of anilines is 1. The number of rotatable bonds is 2. The number of carbonyl (C=O) groups excluding carboxylic acids is 1. The smallest absolute Gasteiger partial charge is 0.281 e. The summed E-state index contributed by atoms with van der Waals surface area (Å²) >= 11 is 5.90. The zero-order valence-corrected chi connectivity index (χ0v) is 12.6. The summed E-state index contributed by atoms with van der Waals surface area (Å²) < 4.78 is 1.08. The van der Waals surface area contributed by atoms with Crippen LogP contribution in [0.2, 0.25) is 5.02 Å². The highest BCUT2D eigenvalue weighted by Gasteiger charge is 2.16. The van der Waals surface area contributed by atoms with Crippen molar-refractivity contribution in [3.8, 4) is 11.4 Å². The summed E-state index contributed by atoms with van der Waals surface area (Å²) in [6.07, 6.45) is 0. The van der Waals surface area contributed by atoms with E-state index in [9.17, 15) is 4.79 Å². The zero-order valence-electron chi connectivity index (χ0n) is 11.8. The van der Waals surface area contributed by atoms with E-state index in [2.05, 4.69) is 10.1 Å². The van der Waals surface area contributed by atoms with Crippen LogP contribution >= 0.6 is 11.6 Å². The number of aromatic nitrogens is 3. The monoisotopic (exact) mass is 312 g/mol. The van der Waals surface area contributed by atoms with Crippen LogP contribution in [0.1, 0.15) is 15.9 Å². The summed E-state index contributed by atoms with van der Waals surface area (Å²) in [5.74, 6) is 0.0827. The Morgan fingerprint density at radius 2 is 1.91 bits per heavy atom. The topological polar surface area (TPSA) is 73.8 Å². The maximum absolute atomic E-state index is 12.4. The van der Waals surface area contributed by atoms with Crippen molar-refractivity contribution < 1.29 is 4.79 Å². The second kappa shape index (κ2) is 5.61. The molecule has 1 heterocycles. The van der Waals surface area contributed by atoms with Crippen LogP contribution in [0.4, 0.5) is 5.95 Å². The molecular formula is C16H13ClN4O. The number of nitrogens with zero attached hydrogens (tertiary/aromatic N) is 3. The maximum atomic E-state index is 12.4. The van der Waals surface area contributed by atoms with Gasteiger partial charge < -0.3 is 5.73 Å². The molecule has 0 radical (unpaired) electrons. The van der Waals surface area contributed by atoms with E-state index in [0.29, 0.717) is 16.4 Å². The molecule has 0 atom stereocenters. The number of aryl methyl sites for hydroxylation is 1. The first-order chi connectivity index (χ1) is 10.5. The van der Waals surface area contributed by atoms with Crippen molar-refractivity contribution in [1.82, 2.24) is 14.8 Å². The lowest BCUT2D eigenvalue weighted by molar-refractivity contribution is 0.0948. The van der Waals surface area contributed by atoms with Gasteiger partial charge in [0.15, 0.2) is 5.82 Å². The van der Waals surface area contributed by atoms with Crippen LogP contribution in [0.25, 0.3) is 11.4 Å². The van der Waals surface area contributed by atoms with Gasteiger partial charge in [0.1, 0.15) is 0 Å². The van der Waals surface area contributed by atoms with Gasteiger partial charge in [-0.05, 0) is 25.1 Å². The van der Waals surface area contributed by atoms with Crippen LogP contribution in [-0.4, -0.2) is 20.7 Å². The molecule has 0 saturated carbocycles. The van der Waals surface area contributed by atoms with Crippen molar-refractivity contribution in [2.45, 2.75) is 6.92 Å². The number of benzene rings is 2. The molecule has 3 aromatic rings. The number of hydrogen-bond acceptors (Lipinski definition) is 4. The van der Waals surface area contributed by atoms with Crippen LogP contribution in [0.5, 0.6) is 0 Å². The molecule has 110 valence electrons. The van der Waals surface area contributed by atoms with Crippen molar-refractivity contribution in [3.63, 3.8) is 0 Å². The second-order valence-electron chi connectivity index (χ2n) is 4.89. The molecule has 6 heteroatoms. The molecule has 0 aliphatic carbocycles. The van der Waals surface area contributed by atoms with Gasteiger partial charge in [-0.1, -0.05) is 47.5 Å². The first kappa shape index (κ1) is 14.3. The predicted octanol–water partition coefficient (Wildman–Crippen LogP) is 3.18. The third kappa shape index (κ3) is 2.71. The van der Waals surface area contributed by atoms with Gasteiger partial charge in [-0.2, -0.15) is 9.67 Å². The summed E-state index contributed by atoms with van der Waals surface area (Å²) in [5, 5.41) is 4.68. The molecule has 0 unspecified atom stereocenters. The SMILES string of the molecule is Cc1ccc(-c2nc(N)n(C(=O)c3cccc(Cl)c3)n2)cc1. The predicted molar refractivity (Wildman–Crippen MR) is 85.8 cm³/mol. The van der Waals surface area contributed by atoms with E-state index < -0.39 is 0 Å². The minimum Gasteiger partial charge on any atom is -0.368 e. The van der Waals surface area contributed by atoms with E-state index in [1.54, 1.807) is 24.3 Å². The van der Waals surface area contributed by atoms with Crippen LogP contribution in [0.15, 0.2) is 48.5 Å². The van der Waals surface area contributed by atoms with Crippen molar-refractivity contribution >= 4 is 23.5 Å². The minimum absolute atomic E-state index is 0.0422. The molecule has 3 rings (SSSR count). The van der Waals surface area contributed by atoms with E-state index >= 15 is 0 Å². The van der Waals surface area contributed by atoms with E-state index in [4.69, 9.17) is 17.3 Å². The molecule has 0 aliphatic rings. The van der Waals surface area contributed by atoms with Crippen LogP contribution in [0.3, 0.4) is 0 Å². The van der Waals surface area contributed by atoms with Crippen molar-refractivity contribution in [1.29, 1.82) is 0 Å². The number of halogens is 1. The summed E-state index contributed by atoms with van der Waals surface area (Å²) in [5.41, 5.74) is 8.15. The first-order valence-corrected chi connectivity index (χ1v) is 7.02. The Bertz CT molecular complexity index is 840. The highest BCUT2D eigenvalue weighted by atomic mass is 35.5. The lowest BCUT2D eigenvalue weighted by Crippen LogP contribution is -2.16. The van der Waals surface area contributed by atoms with Gasteiger partial charge in [-0.3, -0.25) is 4.79 Å². The van der Waals surface area contributed by atoms with Gasteiger partial charge in [0.05, 0.1) is 0 Å². The number of hydrogen-bond donors (Lipinski definition) is 1. The second-order valence-corrected chi connectivity index (χ2v) is 5.32. The summed E-state index contributed by atoms with van der Waals surface area (Å²) in [7, 11) is 0. The van der Waals surface area contributed by atoms with Gasteiger partial charge in [-0.25, -0.2) is 0 Å². The zero-order chi connectivity index (χ0) is 15.7.